The highest BCUT2D eigenvalue weighted by molar-refractivity contribution is 5.77. The van der Waals surface area contributed by atoms with Crippen LogP contribution in [0, 0.1) is 0 Å². The first-order chi connectivity index (χ1) is 7.69. The number of aryl methyl sites for hydroxylation is 3. The van der Waals surface area contributed by atoms with Gasteiger partial charge in [0.25, 0.3) is 0 Å². The van der Waals surface area contributed by atoms with Crippen LogP contribution >= 0.6 is 0 Å². The number of nitrogens with zero attached hydrogens (tertiary/aromatic N) is 4. The molecule has 0 spiro atoms. The molecular weight excluding hydrogens is 202 g/mol. The first-order valence-electron chi connectivity index (χ1n) is 5.86. The van der Waals surface area contributed by atoms with E-state index in [4.69, 9.17) is 5.73 Å². The molecule has 0 saturated carbocycles. The third-order valence-electron chi connectivity index (χ3n) is 2.89. The van der Waals surface area contributed by atoms with Crippen LogP contribution in [0.1, 0.15) is 32.4 Å². The van der Waals surface area contributed by atoms with Crippen molar-refractivity contribution in [3.63, 3.8) is 0 Å². The molecule has 2 N–H and O–H groups in total. The third kappa shape index (κ3) is 1.56. The van der Waals surface area contributed by atoms with Crippen molar-refractivity contribution in [2.24, 2.45) is 7.05 Å². The van der Waals surface area contributed by atoms with Gasteiger partial charge >= 0.3 is 0 Å². The maximum absolute atomic E-state index is 5.94. The second-order valence-electron chi connectivity index (χ2n) is 4.07. The lowest BCUT2D eigenvalue weighted by atomic mass is 10.3. The molecule has 0 radical (unpaired) electrons. The zero-order valence-electron chi connectivity index (χ0n) is 10.2. The molecule has 2 heterocycles. The minimum absolute atomic E-state index is 0.603. The Morgan fingerprint density at radius 2 is 2.06 bits per heavy atom. The van der Waals surface area contributed by atoms with Gasteiger partial charge in [-0.1, -0.05) is 20.3 Å². The van der Waals surface area contributed by atoms with E-state index in [2.05, 4.69) is 28.5 Å². The molecule has 5 heteroatoms. The van der Waals surface area contributed by atoms with Crippen LogP contribution < -0.4 is 5.73 Å². The fourth-order valence-electron chi connectivity index (χ4n) is 2.03. The van der Waals surface area contributed by atoms with Crippen molar-refractivity contribution in [3.8, 4) is 0 Å². The molecule has 0 atom stereocenters. The average Bonchev–Trinajstić information content (AvgIpc) is 2.74. The molecule has 5 nitrogen and oxygen atoms in total. The minimum Gasteiger partial charge on any atom is -0.369 e. The van der Waals surface area contributed by atoms with Crippen molar-refractivity contribution in [2.75, 3.05) is 5.73 Å². The quantitative estimate of drug-likeness (QED) is 0.855. The lowest BCUT2D eigenvalue weighted by Crippen LogP contribution is -2.07. The van der Waals surface area contributed by atoms with Crippen LogP contribution in [0.25, 0.3) is 11.2 Å². The number of unbranched alkanes of at least 4 members (excludes halogenated alkanes) is 1. The van der Waals surface area contributed by atoms with Crippen LogP contribution in [-0.2, 0) is 20.0 Å². The molecule has 0 unspecified atom stereocenters. The Labute approximate surface area is 95.3 Å². The van der Waals surface area contributed by atoms with Gasteiger partial charge in [0, 0.05) is 13.6 Å². The molecule has 0 aliphatic rings. The molecule has 88 valence electrons. The maximum Gasteiger partial charge on any atom is 0.202 e. The molecule has 0 aliphatic heterocycles. The summed E-state index contributed by atoms with van der Waals surface area (Å²) in [6.45, 7) is 5.18. The number of aromatic nitrogens is 4. The first kappa shape index (κ1) is 11.0. The van der Waals surface area contributed by atoms with E-state index >= 15 is 0 Å². The molecule has 0 aromatic carbocycles. The topological polar surface area (TPSA) is 61.7 Å². The fourth-order valence-corrected chi connectivity index (χ4v) is 2.03. The van der Waals surface area contributed by atoms with Gasteiger partial charge in [0.05, 0.1) is 5.69 Å². The molecule has 0 fully saturated rings. The van der Waals surface area contributed by atoms with Gasteiger partial charge in [0.1, 0.15) is 5.52 Å². The predicted molar refractivity (Wildman–Crippen MR) is 65.2 cm³/mol. The van der Waals surface area contributed by atoms with E-state index in [1.54, 1.807) is 0 Å². The molecule has 2 rings (SSSR count). The number of nitrogen functional groups attached to an aromatic ring is 1. The highest BCUT2D eigenvalue weighted by atomic mass is 15.3. The van der Waals surface area contributed by atoms with Crippen LogP contribution in [0.4, 0.5) is 5.95 Å². The Kier molecular flexibility index (Phi) is 2.85. The molecular formula is C11H19N5. The number of nitrogens with two attached hydrogens (primary N) is 1. The Balaban J connectivity index is 2.55. The van der Waals surface area contributed by atoms with Crippen LogP contribution in [0.15, 0.2) is 0 Å². The van der Waals surface area contributed by atoms with Crippen molar-refractivity contribution >= 4 is 17.1 Å². The summed E-state index contributed by atoms with van der Waals surface area (Å²) in [6, 6.07) is 0. The highest BCUT2D eigenvalue weighted by Gasteiger charge is 2.16. The molecule has 2 aromatic rings. The lowest BCUT2D eigenvalue weighted by molar-refractivity contribution is 0.630. The first-order valence-corrected chi connectivity index (χ1v) is 5.86. The zero-order valence-corrected chi connectivity index (χ0v) is 10.2. The zero-order chi connectivity index (χ0) is 11.7. The normalized spacial score (nSPS) is 11.4. The van der Waals surface area contributed by atoms with Crippen LogP contribution in [-0.4, -0.2) is 19.3 Å². The number of fused-ring (bicyclic) bond motifs is 1. The van der Waals surface area contributed by atoms with Gasteiger partial charge in [-0.3, -0.25) is 9.25 Å². The van der Waals surface area contributed by atoms with Crippen molar-refractivity contribution in [2.45, 2.75) is 39.7 Å². The smallest absolute Gasteiger partial charge is 0.202 e. The average molecular weight is 221 g/mol. The van der Waals surface area contributed by atoms with E-state index in [1.807, 2.05) is 11.7 Å². The molecule has 2 aromatic heterocycles. The Bertz CT molecular complexity index is 494. The highest BCUT2D eigenvalue weighted by Crippen LogP contribution is 2.21. The Morgan fingerprint density at radius 1 is 1.31 bits per heavy atom. The van der Waals surface area contributed by atoms with Crippen molar-refractivity contribution in [1.82, 2.24) is 19.3 Å². The Hall–Kier alpha value is -1.52. The Morgan fingerprint density at radius 3 is 2.69 bits per heavy atom. The minimum atomic E-state index is 0.603. The van der Waals surface area contributed by atoms with Gasteiger partial charge in [-0.15, -0.1) is 0 Å². The summed E-state index contributed by atoms with van der Waals surface area (Å²) >= 11 is 0. The van der Waals surface area contributed by atoms with Crippen molar-refractivity contribution in [1.29, 1.82) is 0 Å². The molecule has 16 heavy (non-hydrogen) atoms. The van der Waals surface area contributed by atoms with Crippen LogP contribution in [0.3, 0.4) is 0 Å². The lowest BCUT2D eigenvalue weighted by Gasteiger charge is -2.05. The molecule has 0 amide bonds. The van der Waals surface area contributed by atoms with Gasteiger partial charge in [0.15, 0.2) is 5.65 Å². The molecule has 0 aliphatic carbocycles. The van der Waals surface area contributed by atoms with Gasteiger partial charge in [-0.25, -0.2) is 4.98 Å². The van der Waals surface area contributed by atoms with E-state index in [0.717, 1.165) is 42.7 Å². The fraction of sp³-hybridized carbons (Fsp3) is 0.636. The number of hydrogen-bond acceptors (Lipinski definition) is 3. The second-order valence-corrected chi connectivity index (χ2v) is 4.07. The predicted octanol–water partition coefficient (Wildman–Crippen LogP) is 1.71. The van der Waals surface area contributed by atoms with E-state index < -0.39 is 0 Å². The van der Waals surface area contributed by atoms with Crippen LogP contribution in [0.2, 0.25) is 0 Å². The van der Waals surface area contributed by atoms with E-state index in [1.165, 1.54) is 0 Å². The van der Waals surface area contributed by atoms with Crippen LogP contribution in [0.5, 0.6) is 0 Å². The van der Waals surface area contributed by atoms with Crippen molar-refractivity contribution in [3.05, 3.63) is 5.69 Å². The van der Waals surface area contributed by atoms with E-state index in [-0.39, 0.29) is 0 Å². The SMILES string of the molecule is CCCCn1c(N)nc2c(CC)nn(C)c21. The van der Waals surface area contributed by atoms with Gasteiger partial charge < -0.3 is 5.73 Å². The third-order valence-corrected chi connectivity index (χ3v) is 2.89. The summed E-state index contributed by atoms with van der Waals surface area (Å²) in [5.41, 5.74) is 8.97. The molecule has 0 saturated heterocycles. The number of rotatable bonds is 4. The molecule has 0 bridgehead atoms. The summed E-state index contributed by atoms with van der Waals surface area (Å²) in [7, 11) is 1.95. The second kappa shape index (κ2) is 4.15. The van der Waals surface area contributed by atoms with Gasteiger partial charge in [-0.05, 0) is 12.8 Å². The standard InChI is InChI=1S/C11H19N5/c1-4-6-7-16-10-9(13-11(16)12)8(5-2)14-15(10)3/h4-7H2,1-3H3,(H2,12,13). The summed E-state index contributed by atoms with van der Waals surface area (Å²) < 4.78 is 3.94. The maximum atomic E-state index is 5.94. The largest absolute Gasteiger partial charge is 0.369 e. The van der Waals surface area contributed by atoms with Crippen molar-refractivity contribution < 1.29 is 0 Å². The number of anilines is 1. The monoisotopic (exact) mass is 221 g/mol. The number of hydrogen-bond donors (Lipinski definition) is 1. The summed E-state index contributed by atoms with van der Waals surface area (Å²) in [5, 5.41) is 4.46. The van der Waals surface area contributed by atoms with E-state index in [9.17, 15) is 0 Å². The summed E-state index contributed by atoms with van der Waals surface area (Å²) in [6.07, 6.45) is 3.15. The van der Waals surface area contributed by atoms with Gasteiger partial charge in [0.2, 0.25) is 5.95 Å². The summed E-state index contributed by atoms with van der Waals surface area (Å²) in [4.78, 5) is 4.42. The van der Waals surface area contributed by atoms with Gasteiger partial charge in [-0.2, -0.15) is 5.10 Å². The van der Waals surface area contributed by atoms with E-state index in [0.29, 0.717) is 5.95 Å². The number of imidazole rings is 1. The summed E-state index contributed by atoms with van der Waals surface area (Å²) in [5.74, 6) is 0.603.